The largest absolute Gasteiger partial charge is 0.360 e. The lowest BCUT2D eigenvalue weighted by atomic mass is 10.4. The van der Waals surface area contributed by atoms with Crippen molar-refractivity contribution in [3.05, 3.63) is 34.9 Å². The molecule has 19 heavy (non-hydrogen) atoms. The van der Waals surface area contributed by atoms with Crippen molar-refractivity contribution < 1.29 is 0 Å². The Labute approximate surface area is 119 Å². The van der Waals surface area contributed by atoms with E-state index in [0.29, 0.717) is 6.54 Å². The summed E-state index contributed by atoms with van der Waals surface area (Å²) in [5.41, 5.74) is 0. The molecule has 0 bridgehead atoms. The molecule has 0 amide bonds. The van der Waals surface area contributed by atoms with Crippen LogP contribution >= 0.6 is 22.7 Å². The van der Waals surface area contributed by atoms with E-state index < -0.39 is 0 Å². The first kappa shape index (κ1) is 12.3. The Kier molecular flexibility index (Phi) is 3.56. The number of anilines is 1. The number of rotatable bonds is 5. The first-order valence-corrected chi connectivity index (χ1v) is 7.67. The summed E-state index contributed by atoms with van der Waals surface area (Å²) in [7, 11) is 0. The van der Waals surface area contributed by atoms with Crippen molar-refractivity contribution in [1.82, 2.24) is 19.7 Å². The molecule has 0 aliphatic heterocycles. The molecule has 5 nitrogen and oxygen atoms in total. The molecule has 3 aromatic rings. The molecular formula is C12H13N5S2. The van der Waals surface area contributed by atoms with E-state index in [1.807, 2.05) is 25.4 Å². The lowest BCUT2D eigenvalue weighted by Gasteiger charge is -2.03. The Morgan fingerprint density at radius 3 is 3.11 bits per heavy atom. The summed E-state index contributed by atoms with van der Waals surface area (Å²) in [6.45, 7) is 3.61. The summed E-state index contributed by atoms with van der Waals surface area (Å²) in [6.07, 6.45) is 3.80. The van der Waals surface area contributed by atoms with Crippen LogP contribution in [-0.4, -0.2) is 26.3 Å². The monoisotopic (exact) mass is 291 g/mol. The number of aromatic nitrogens is 4. The average molecular weight is 291 g/mol. The van der Waals surface area contributed by atoms with E-state index in [4.69, 9.17) is 0 Å². The Hall–Kier alpha value is -1.73. The molecule has 0 saturated heterocycles. The molecule has 0 aliphatic rings. The topological polar surface area (TPSA) is 55.6 Å². The zero-order chi connectivity index (χ0) is 13.1. The highest BCUT2D eigenvalue weighted by molar-refractivity contribution is 7.15. The van der Waals surface area contributed by atoms with Crippen LogP contribution in [0.15, 0.2) is 29.9 Å². The number of thiophene rings is 1. The third kappa shape index (κ3) is 2.66. The van der Waals surface area contributed by atoms with Crippen LogP contribution in [0.25, 0.3) is 10.7 Å². The molecule has 0 saturated carbocycles. The minimum atomic E-state index is 0.705. The minimum absolute atomic E-state index is 0.705. The highest BCUT2D eigenvalue weighted by Gasteiger charge is 2.10. The molecule has 0 aliphatic carbocycles. The SMILES string of the molecule is CCNc1nnc(Cn2ccnc2-c2cccs2)s1. The van der Waals surface area contributed by atoms with E-state index in [1.54, 1.807) is 22.7 Å². The molecule has 3 aromatic heterocycles. The van der Waals surface area contributed by atoms with Gasteiger partial charge in [0, 0.05) is 18.9 Å². The lowest BCUT2D eigenvalue weighted by molar-refractivity contribution is 0.787. The fourth-order valence-electron chi connectivity index (χ4n) is 1.75. The summed E-state index contributed by atoms with van der Waals surface area (Å²) in [4.78, 5) is 5.58. The first-order chi connectivity index (χ1) is 9.36. The van der Waals surface area contributed by atoms with E-state index in [0.717, 1.165) is 22.5 Å². The van der Waals surface area contributed by atoms with Gasteiger partial charge in [0.05, 0.1) is 11.4 Å². The van der Waals surface area contributed by atoms with Crippen LogP contribution in [0.5, 0.6) is 0 Å². The number of hydrogen-bond acceptors (Lipinski definition) is 6. The van der Waals surface area contributed by atoms with Crippen LogP contribution in [0, 0.1) is 0 Å². The maximum Gasteiger partial charge on any atom is 0.205 e. The van der Waals surface area contributed by atoms with Gasteiger partial charge in [-0.1, -0.05) is 17.4 Å². The van der Waals surface area contributed by atoms with Gasteiger partial charge in [-0.15, -0.1) is 21.5 Å². The van der Waals surface area contributed by atoms with Crippen LogP contribution < -0.4 is 5.32 Å². The van der Waals surface area contributed by atoms with Crippen LogP contribution in [0.2, 0.25) is 0 Å². The molecule has 0 spiro atoms. The third-order valence-corrected chi connectivity index (χ3v) is 4.29. The van der Waals surface area contributed by atoms with Gasteiger partial charge >= 0.3 is 0 Å². The maximum absolute atomic E-state index is 4.41. The quantitative estimate of drug-likeness (QED) is 0.785. The molecule has 7 heteroatoms. The van der Waals surface area contributed by atoms with E-state index in [1.165, 1.54) is 4.88 Å². The van der Waals surface area contributed by atoms with Crippen LogP contribution in [0.4, 0.5) is 5.13 Å². The molecule has 0 atom stereocenters. The smallest absolute Gasteiger partial charge is 0.205 e. The fraction of sp³-hybridized carbons (Fsp3) is 0.250. The van der Waals surface area contributed by atoms with Gasteiger partial charge in [-0.2, -0.15) is 0 Å². The summed E-state index contributed by atoms with van der Waals surface area (Å²) in [5, 5.41) is 15.4. The number of imidazole rings is 1. The van der Waals surface area contributed by atoms with Crippen molar-refractivity contribution in [3.63, 3.8) is 0 Å². The van der Waals surface area contributed by atoms with E-state index in [-0.39, 0.29) is 0 Å². The Morgan fingerprint density at radius 1 is 1.37 bits per heavy atom. The molecule has 0 aromatic carbocycles. The van der Waals surface area contributed by atoms with E-state index in [9.17, 15) is 0 Å². The predicted octanol–water partition coefficient (Wildman–Crippen LogP) is 2.94. The molecule has 3 heterocycles. The van der Waals surface area contributed by atoms with Gasteiger partial charge in [0.15, 0.2) is 0 Å². The first-order valence-electron chi connectivity index (χ1n) is 5.98. The number of hydrogen-bond donors (Lipinski definition) is 1. The lowest BCUT2D eigenvalue weighted by Crippen LogP contribution is -1.99. The average Bonchev–Trinajstić information content (AvgIpc) is 3.11. The highest BCUT2D eigenvalue weighted by Crippen LogP contribution is 2.24. The van der Waals surface area contributed by atoms with Crippen molar-refractivity contribution in [2.24, 2.45) is 0 Å². The molecular weight excluding hydrogens is 278 g/mol. The van der Waals surface area contributed by atoms with Crippen molar-refractivity contribution >= 4 is 27.8 Å². The summed E-state index contributed by atoms with van der Waals surface area (Å²) in [5.74, 6) is 0.982. The predicted molar refractivity (Wildman–Crippen MR) is 78.7 cm³/mol. The van der Waals surface area contributed by atoms with Crippen molar-refractivity contribution in [2.75, 3.05) is 11.9 Å². The van der Waals surface area contributed by atoms with Crippen LogP contribution in [0.3, 0.4) is 0 Å². The zero-order valence-electron chi connectivity index (χ0n) is 10.4. The second kappa shape index (κ2) is 5.50. The molecule has 3 rings (SSSR count). The maximum atomic E-state index is 4.41. The van der Waals surface area contributed by atoms with Gasteiger partial charge in [0.25, 0.3) is 0 Å². The van der Waals surface area contributed by atoms with Crippen molar-refractivity contribution in [2.45, 2.75) is 13.5 Å². The molecule has 0 fully saturated rings. The molecule has 98 valence electrons. The minimum Gasteiger partial charge on any atom is -0.360 e. The molecule has 0 radical (unpaired) electrons. The third-order valence-electron chi connectivity index (χ3n) is 2.56. The number of nitrogens with zero attached hydrogens (tertiary/aromatic N) is 4. The highest BCUT2D eigenvalue weighted by atomic mass is 32.1. The van der Waals surface area contributed by atoms with Gasteiger partial charge in [0.2, 0.25) is 5.13 Å². The fourth-order valence-corrected chi connectivity index (χ4v) is 3.30. The Morgan fingerprint density at radius 2 is 2.32 bits per heavy atom. The summed E-state index contributed by atoms with van der Waals surface area (Å²) < 4.78 is 2.10. The van der Waals surface area contributed by atoms with Crippen LogP contribution in [-0.2, 0) is 6.54 Å². The zero-order valence-corrected chi connectivity index (χ0v) is 12.0. The van der Waals surface area contributed by atoms with Crippen molar-refractivity contribution in [1.29, 1.82) is 0 Å². The Balaban J connectivity index is 1.81. The second-order valence-electron chi connectivity index (χ2n) is 3.89. The summed E-state index contributed by atoms with van der Waals surface area (Å²) in [6, 6.07) is 4.11. The van der Waals surface area contributed by atoms with Gasteiger partial charge in [-0.3, -0.25) is 0 Å². The van der Waals surface area contributed by atoms with Crippen molar-refractivity contribution in [3.8, 4) is 10.7 Å². The Bertz CT molecular complexity index is 641. The van der Waals surface area contributed by atoms with E-state index >= 15 is 0 Å². The normalized spacial score (nSPS) is 10.8. The van der Waals surface area contributed by atoms with E-state index in [2.05, 4.69) is 36.5 Å². The van der Waals surface area contributed by atoms with Gasteiger partial charge in [-0.05, 0) is 18.4 Å². The van der Waals surface area contributed by atoms with Crippen LogP contribution in [0.1, 0.15) is 11.9 Å². The van der Waals surface area contributed by atoms with Gasteiger partial charge < -0.3 is 9.88 Å². The standard InChI is InChI=1S/C12H13N5S2/c1-2-13-12-16-15-10(19-12)8-17-6-5-14-11(17)9-4-3-7-18-9/h3-7H,2,8H2,1H3,(H,13,16). The second-order valence-corrected chi connectivity index (χ2v) is 5.90. The molecule has 0 unspecified atom stereocenters. The van der Waals surface area contributed by atoms with Gasteiger partial charge in [0.1, 0.15) is 10.8 Å². The number of nitrogens with one attached hydrogen (secondary N) is 1. The molecule has 1 N–H and O–H groups in total. The summed E-state index contributed by atoms with van der Waals surface area (Å²) >= 11 is 3.27. The van der Waals surface area contributed by atoms with Gasteiger partial charge in [-0.25, -0.2) is 4.98 Å².